The Hall–Kier alpha value is -2.10. The zero-order valence-electron chi connectivity index (χ0n) is 14.4. The molecule has 0 aliphatic carbocycles. The van der Waals surface area contributed by atoms with Crippen LogP contribution in [-0.4, -0.2) is 55.7 Å². The third kappa shape index (κ3) is 3.84. The van der Waals surface area contributed by atoms with E-state index in [-0.39, 0.29) is 35.0 Å². The highest BCUT2D eigenvalue weighted by Gasteiger charge is 2.43. The second-order valence-electron chi connectivity index (χ2n) is 6.38. The molecular weight excluding hydrogens is 370 g/mol. The van der Waals surface area contributed by atoms with Gasteiger partial charge in [-0.15, -0.1) is 8.78 Å². The van der Waals surface area contributed by atoms with Crippen LogP contribution in [0.3, 0.4) is 0 Å². The summed E-state index contributed by atoms with van der Waals surface area (Å²) in [5.41, 5.74) is 0.418. The molecule has 1 aromatic rings. The Kier molecular flexibility index (Phi) is 4.72. The average molecular weight is 390 g/mol. The highest BCUT2D eigenvalue weighted by atomic mass is 32.2. The number of sulfone groups is 1. The maximum Gasteiger partial charge on any atom is 0.586 e. The summed E-state index contributed by atoms with van der Waals surface area (Å²) in [7, 11) is -3.10. The Bertz CT molecular complexity index is 815. The largest absolute Gasteiger partial charge is 0.586 e. The number of nitrogens with one attached hydrogen (secondary N) is 1. The number of amides is 1. The van der Waals surface area contributed by atoms with Crippen LogP contribution in [-0.2, 0) is 14.6 Å². The fraction of sp³-hybridized carbons (Fsp3) is 0.562. The van der Waals surface area contributed by atoms with Crippen LogP contribution < -0.4 is 14.8 Å². The minimum atomic E-state index is -3.70. The standard InChI is InChI=1S/C16H20F2N2O5S/c1-3-20(12-6-7-26(22,23)9-12)15(21)10(2)19-11-4-5-13-14(8-11)25-16(17,18)24-13/h4-5,8,10,12,19H,3,6-7,9H2,1-2H3/t10-,12+/m1/s1. The normalized spacial score (nSPS) is 23.5. The molecule has 0 unspecified atom stereocenters. The number of ether oxygens (including phenoxy) is 2. The molecule has 1 aromatic carbocycles. The first-order valence-electron chi connectivity index (χ1n) is 8.27. The molecule has 7 nitrogen and oxygen atoms in total. The van der Waals surface area contributed by atoms with Crippen molar-refractivity contribution in [2.45, 2.75) is 38.6 Å². The lowest BCUT2D eigenvalue weighted by Crippen LogP contribution is -2.47. The molecule has 144 valence electrons. The summed E-state index contributed by atoms with van der Waals surface area (Å²) in [4.78, 5) is 14.3. The van der Waals surface area contributed by atoms with E-state index in [1.807, 2.05) is 0 Å². The minimum Gasteiger partial charge on any atom is -0.395 e. The van der Waals surface area contributed by atoms with Crippen molar-refractivity contribution in [1.82, 2.24) is 4.90 Å². The number of likely N-dealkylation sites (N-methyl/N-ethyl adjacent to an activating group) is 1. The molecular formula is C16H20F2N2O5S. The molecule has 2 aliphatic rings. The van der Waals surface area contributed by atoms with Crippen molar-refractivity contribution < 1.29 is 31.5 Å². The van der Waals surface area contributed by atoms with Crippen LogP contribution in [0.2, 0.25) is 0 Å². The summed E-state index contributed by atoms with van der Waals surface area (Å²) in [6.07, 6.45) is -3.27. The van der Waals surface area contributed by atoms with E-state index in [2.05, 4.69) is 14.8 Å². The number of nitrogens with zero attached hydrogens (tertiary/aromatic N) is 1. The molecule has 0 bridgehead atoms. The van der Waals surface area contributed by atoms with E-state index in [0.717, 1.165) is 0 Å². The monoisotopic (exact) mass is 390 g/mol. The highest BCUT2D eigenvalue weighted by Crippen LogP contribution is 2.42. The molecule has 0 aromatic heterocycles. The Morgan fingerprint density at radius 3 is 2.69 bits per heavy atom. The fourth-order valence-electron chi connectivity index (χ4n) is 3.21. The molecule has 1 amide bonds. The first-order chi connectivity index (χ1) is 12.1. The van der Waals surface area contributed by atoms with E-state index in [1.165, 1.54) is 18.2 Å². The van der Waals surface area contributed by atoms with Gasteiger partial charge in [-0.1, -0.05) is 0 Å². The second kappa shape index (κ2) is 6.57. The number of rotatable bonds is 5. The van der Waals surface area contributed by atoms with E-state index in [9.17, 15) is 22.0 Å². The molecule has 3 rings (SSSR count). The molecule has 0 saturated carbocycles. The van der Waals surface area contributed by atoms with Gasteiger partial charge in [0.1, 0.15) is 6.04 Å². The van der Waals surface area contributed by atoms with Crippen LogP contribution in [0.15, 0.2) is 18.2 Å². The van der Waals surface area contributed by atoms with Crippen LogP contribution >= 0.6 is 0 Å². The summed E-state index contributed by atoms with van der Waals surface area (Å²) in [5, 5.41) is 2.94. The zero-order valence-corrected chi connectivity index (χ0v) is 15.2. The Morgan fingerprint density at radius 1 is 1.38 bits per heavy atom. The van der Waals surface area contributed by atoms with Crippen molar-refractivity contribution in [3.8, 4) is 11.5 Å². The first kappa shape index (κ1) is 18.7. The van der Waals surface area contributed by atoms with Gasteiger partial charge in [0.25, 0.3) is 0 Å². The SMILES string of the molecule is CCN(C(=O)[C@@H](C)Nc1ccc2c(c1)OC(F)(F)O2)[C@H]1CCS(=O)(=O)C1. The van der Waals surface area contributed by atoms with Crippen LogP contribution in [0, 0.1) is 0 Å². The molecule has 0 spiro atoms. The molecule has 1 N–H and O–H groups in total. The van der Waals surface area contributed by atoms with Gasteiger partial charge in [0.2, 0.25) is 5.91 Å². The van der Waals surface area contributed by atoms with Crippen molar-refractivity contribution in [2.24, 2.45) is 0 Å². The van der Waals surface area contributed by atoms with Gasteiger partial charge in [-0.25, -0.2) is 8.42 Å². The minimum absolute atomic E-state index is 0.0294. The number of halogens is 2. The maximum atomic E-state index is 13.1. The van der Waals surface area contributed by atoms with Crippen LogP contribution in [0.1, 0.15) is 20.3 Å². The van der Waals surface area contributed by atoms with Gasteiger partial charge in [0, 0.05) is 24.3 Å². The lowest BCUT2D eigenvalue weighted by molar-refractivity contribution is -0.286. The second-order valence-corrected chi connectivity index (χ2v) is 8.60. The molecule has 2 atom stereocenters. The predicted molar refractivity (Wildman–Crippen MR) is 90.2 cm³/mol. The van der Waals surface area contributed by atoms with Gasteiger partial charge in [0.15, 0.2) is 21.3 Å². The average Bonchev–Trinajstić information content (AvgIpc) is 3.04. The van der Waals surface area contributed by atoms with Crippen molar-refractivity contribution in [3.63, 3.8) is 0 Å². The summed E-state index contributed by atoms with van der Waals surface area (Å²) >= 11 is 0. The van der Waals surface area contributed by atoms with Gasteiger partial charge in [-0.2, -0.15) is 0 Å². The highest BCUT2D eigenvalue weighted by molar-refractivity contribution is 7.91. The number of fused-ring (bicyclic) bond motifs is 1. The molecule has 2 aliphatic heterocycles. The van der Waals surface area contributed by atoms with Gasteiger partial charge in [0.05, 0.1) is 11.5 Å². The summed E-state index contributed by atoms with van der Waals surface area (Å²) in [5.74, 6) is -0.393. The van der Waals surface area contributed by atoms with Gasteiger partial charge >= 0.3 is 6.29 Å². The zero-order chi connectivity index (χ0) is 19.1. The van der Waals surface area contributed by atoms with Gasteiger partial charge < -0.3 is 19.7 Å². The van der Waals surface area contributed by atoms with Crippen LogP contribution in [0.5, 0.6) is 11.5 Å². The number of hydrogen-bond acceptors (Lipinski definition) is 6. The summed E-state index contributed by atoms with van der Waals surface area (Å²) < 4.78 is 58.2. The molecule has 1 fully saturated rings. The van der Waals surface area contributed by atoms with E-state index in [1.54, 1.807) is 18.7 Å². The number of benzene rings is 1. The van der Waals surface area contributed by atoms with Crippen molar-refractivity contribution in [1.29, 1.82) is 0 Å². The fourth-order valence-corrected chi connectivity index (χ4v) is 4.95. The third-order valence-corrected chi connectivity index (χ3v) is 6.18. The van der Waals surface area contributed by atoms with Crippen molar-refractivity contribution in [3.05, 3.63) is 18.2 Å². The lowest BCUT2D eigenvalue weighted by Gasteiger charge is -2.30. The summed E-state index contributed by atoms with van der Waals surface area (Å²) in [6.45, 7) is 3.81. The predicted octanol–water partition coefficient (Wildman–Crippen LogP) is 1.84. The number of carbonyl (C=O) groups is 1. The van der Waals surface area contributed by atoms with E-state index < -0.39 is 22.2 Å². The molecule has 26 heavy (non-hydrogen) atoms. The Morgan fingerprint density at radius 2 is 2.08 bits per heavy atom. The number of anilines is 1. The van der Waals surface area contributed by atoms with Gasteiger partial charge in [-0.05, 0) is 32.4 Å². The molecule has 0 radical (unpaired) electrons. The van der Waals surface area contributed by atoms with Gasteiger partial charge in [-0.3, -0.25) is 4.79 Å². The Labute approximate surface area is 150 Å². The third-order valence-electron chi connectivity index (χ3n) is 4.43. The van der Waals surface area contributed by atoms with E-state index in [0.29, 0.717) is 18.7 Å². The molecule has 10 heteroatoms. The van der Waals surface area contributed by atoms with Crippen molar-refractivity contribution >= 4 is 21.4 Å². The summed E-state index contributed by atoms with van der Waals surface area (Å²) in [6, 6.07) is 3.16. The number of alkyl halides is 2. The number of hydrogen-bond donors (Lipinski definition) is 1. The Balaban J connectivity index is 1.68. The first-order valence-corrected chi connectivity index (χ1v) is 10.1. The van der Waals surface area contributed by atoms with E-state index in [4.69, 9.17) is 0 Å². The van der Waals surface area contributed by atoms with E-state index >= 15 is 0 Å². The topological polar surface area (TPSA) is 84.9 Å². The van der Waals surface area contributed by atoms with Crippen molar-refractivity contribution in [2.75, 3.05) is 23.4 Å². The lowest BCUT2D eigenvalue weighted by atomic mass is 10.1. The van der Waals surface area contributed by atoms with Crippen LogP contribution in [0.4, 0.5) is 14.5 Å². The molecule has 2 heterocycles. The smallest absolute Gasteiger partial charge is 0.395 e. The number of carbonyl (C=O) groups excluding carboxylic acids is 1. The van der Waals surface area contributed by atoms with Crippen LogP contribution in [0.25, 0.3) is 0 Å². The molecule has 1 saturated heterocycles. The maximum absolute atomic E-state index is 13.1. The quantitative estimate of drug-likeness (QED) is 0.826.